The van der Waals surface area contributed by atoms with E-state index in [1.165, 1.54) is 6.20 Å². The van der Waals surface area contributed by atoms with Crippen LogP contribution in [0.4, 0.5) is 5.82 Å². The number of carbonyl (C=O) groups excluding carboxylic acids is 2. The Morgan fingerprint density at radius 3 is 2.65 bits per heavy atom. The summed E-state index contributed by atoms with van der Waals surface area (Å²) in [6.45, 7) is 0. The smallest absolute Gasteiger partial charge is 0.241 e. The number of aromatic amines is 1. The molecule has 0 bridgehead atoms. The van der Waals surface area contributed by atoms with Crippen molar-refractivity contribution in [2.75, 3.05) is 5.32 Å². The summed E-state index contributed by atoms with van der Waals surface area (Å²) >= 11 is 0. The zero-order chi connectivity index (χ0) is 11.9. The number of aromatic nitrogens is 3. The predicted octanol–water partition coefficient (Wildman–Crippen LogP) is -0.198. The Bertz CT molecular complexity index is 447. The largest absolute Gasteiger partial charge is 0.352 e. The number of hydrogen-bond donors (Lipinski definition) is 3. The van der Waals surface area contributed by atoms with Gasteiger partial charge in [-0.3, -0.25) is 9.59 Å². The number of nitrogens with zero attached hydrogens (tertiary/aromatic N) is 2. The van der Waals surface area contributed by atoms with E-state index in [4.69, 9.17) is 0 Å². The lowest BCUT2D eigenvalue weighted by molar-refractivity contribution is -0.134. The topological polar surface area (TPSA) is 99.8 Å². The van der Waals surface area contributed by atoms with Crippen LogP contribution in [0.15, 0.2) is 6.20 Å². The number of rotatable bonds is 4. The van der Waals surface area contributed by atoms with Crippen molar-refractivity contribution in [3.8, 4) is 0 Å². The number of carbonyl (C=O) groups is 2. The highest BCUT2D eigenvalue weighted by Gasteiger charge is 2.57. The lowest BCUT2D eigenvalue weighted by Gasteiger charge is -2.13. The van der Waals surface area contributed by atoms with Crippen molar-refractivity contribution in [3.63, 3.8) is 0 Å². The maximum absolute atomic E-state index is 12.0. The number of amides is 2. The predicted molar refractivity (Wildman–Crippen MR) is 57.8 cm³/mol. The van der Waals surface area contributed by atoms with Gasteiger partial charge < -0.3 is 10.6 Å². The highest BCUT2D eigenvalue weighted by atomic mass is 16.2. The van der Waals surface area contributed by atoms with E-state index in [1.54, 1.807) is 0 Å². The van der Waals surface area contributed by atoms with Crippen LogP contribution in [0.1, 0.15) is 25.7 Å². The minimum Gasteiger partial charge on any atom is -0.352 e. The molecule has 90 valence electrons. The average molecular weight is 235 g/mol. The standard InChI is InChI=1S/C10H13N5O2/c16-8(12-6-1-2-6)10(3-4-10)9(17)13-7-5-11-15-14-7/h5-6H,1-4H2,(H,12,16)(H2,11,13,14,15,17). The van der Waals surface area contributed by atoms with Crippen molar-refractivity contribution < 1.29 is 9.59 Å². The number of nitrogens with one attached hydrogen (secondary N) is 3. The van der Waals surface area contributed by atoms with Crippen molar-refractivity contribution in [1.29, 1.82) is 0 Å². The van der Waals surface area contributed by atoms with Crippen molar-refractivity contribution >= 4 is 17.6 Å². The second-order valence-corrected chi connectivity index (χ2v) is 4.64. The maximum atomic E-state index is 12.0. The number of H-pyrrole nitrogens is 1. The van der Waals surface area contributed by atoms with Gasteiger partial charge in [0.2, 0.25) is 11.8 Å². The van der Waals surface area contributed by atoms with Crippen LogP contribution >= 0.6 is 0 Å². The first-order chi connectivity index (χ1) is 8.21. The van der Waals surface area contributed by atoms with Crippen LogP contribution in [0, 0.1) is 5.41 Å². The zero-order valence-electron chi connectivity index (χ0n) is 9.19. The zero-order valence-corrected chi connectivity index (χ0v) is 9.19. The average Bonchev–Trinajstić information content (AvgIpc) is 3.20. The van der Waals surface area contributed by atoms with Crippen LogP contribution in [0.5, 0.6) is 0 Å². The molecule has 17 heavy (non-hydrogen) atoms. The Morgan fingerprint density at radius 1 is 1.35 bits per heavy atom. The minimum absolute atomic E-state index is 0.152. The lowest BCUT2D eigenvalue weighted by Crippen LogP contribution is -2.40. The van der Waals surface area contributed by atoms with E-state index in [0.717, 1.165) is 12.8 Å². The number of anilines is 1. The van der Waals surface area contributed by atoms with Gasteiger partial charge in [0.15, 0.2) is 5.82 Å². The molecule has 0 aliphatic heterocycles. The molecule has 2 aliphatic carbocycles. The van der Waals surface area contributed by atoms with E-state index in [0.29, 0.717) is 18.7 Å². The molecule has 2 amide bonds. The second-order valence-electron chi connectivity index (χ2n) is 4.64. The minimum atomic E-state index is -0.873. The second kappa shape index (κ2) is 3.54. The summed E-state index contributed by atoms with van der Waals surface area (Å²) in [4.78, 5) is 23.9. The summed E-state index contributed by atoms with van der Waals surface area (Å²) in [6, 6.07) is 0.278. The molecule has 7 heteroatoms. The molecular formula is C10H13N5O2. The maximum Gasteiger partial charge on any atom is 0.241 e. The first kappa shape index (κ1) is 10.2. The van der Waals surface area contributed by atoms with E-state index >= 15 is 0 Å². The first-order valence-electron chi connectivity index (χ1n) is 5.69. The quantitative estimate of drug-likeness (QED) is 0.629. The SMILES string of the molecule is O=C(Nc1cn[nH]n1)C1(C(=O)NC2CC2)CC1. The summed E-state index contributed by atoms with van der Waals surface area (Å²) < 4.78 is 0. The molecule has 3 N–H and O–H groups in total. The third-order valence-corrected chi connectivity index (χ3v) is 3.19. The fraction of sp³-hybridized carbons (Fsp3) is 0.600. The van der Waals surface area contributed by atoms with E-state index in [-0.39, 0.29) is 17.9 Å². The van der Waals surface area contributed by atoms with Crippen LogP contribution in [0.25, 0.3) is 0 Å². The summed E-state index contributed by atoms with van der Waals surface area (Å²) in [5.74, 6) is -0.0916. The fourth-order valence-electron chi connectivity index (χ4n) is 1.73. The Morgan fingerprint density at radius 2 is 2.12 bits per heavy atom. The highest BCUT2D eigenvalue weighted by molar-refractivity contribution is 6.12. The molecule has 1 aromatic heterocycles. The van der Waals surface area contributed by atoms with Crippen LogP contribution in [-0.4, -0.2) is 33.3 Å². The van der Waals surface area contributed by atoms with Crippen molar-refractivity contribution in [2.24, 2.45) is 5.41 Å². The van der Waals surface area contributed by atoms with E-state index in [9.17, 15) is 9.59 Å². The highest BCUT2D eigenvalue weighted by Crippen LogP contribution is 2.47. The monoisotopic (exact) mass is 235 g/mol. The molecule has 1 aromatic rings. The summed E-state index contributed by atoms with van der Waals surface area (Å²) in [5.41, 5.74) is -0.873. The van der Waals surface area contributed by atoms with Gasteiger partial charge in [-0.05, 0) is 25.7 Å². The third kappa shape index (κ3) is 1.88. The number of hydrogen-bond acceptors (Lipinski definition) is 4. The Labute approximate surface area is 97.3 Å². The molecular weight excluding hydrogens is 222 g/mol. The molecule has 0 radical (unpaired) electrons. The van der Waals surface area contributed by atoms with Gasteiger partial charge in [-0.25, -0.2) is 0 Å². The third-order valence-electron chi connectivity index (χ3n) is 3.19. The van der Waals surface area contributed by atoms with E-state index in [1.807, 2.05) is 0 Å². The summed E-state index contributed by atoms with van der Waals surface area (Å²) in [5, 5.41) is 15.2. The van der Waals surface area contributed by atoms with Crippen molar-refractivity contribution in [1.82, 2.24) is 20.7 Å². The molecule has 0 unspecified atom stereocenters. The van der Waals surface area contributed by atoms with Gasteiger partial charge >= 0.3 is 0 Å². The van der Waals surface area contributed by atoms with Gasteiger partial charge in [0.25, 0.3) is 0 Å². The van der Waals surface area contributed by atoms with E-state index in [2.05, 4.69) is 26.0 Å². The van der Waals surface area contributed by atoms with Gasteiger partial charge in [-0.2, -0.15) is 10.3 Å². The van der Waals surface area contributed by atoms with Crippen molar-refractivity contribution in [3.05, 3.63) is 6.20 Å². The Hall–Kier alpha value is -1.92. The fourth-order valence-corrected chi connectivity index (χ4v) is 1.73. The molecule has 2 saturated carbocycles. The van der Waals surface area contributed by atoms with Gasteiger partial charge in [0.1, 0.15) is 5.41 Å². The summed E-state index contributed by atoms with van der Waals surface area (Å²) in [6.07, 6.45) is 4.66. The molecule has 0 spiro atoms. The van der Waals surface area contributed by atoms with Crippen LogP contribution in [0.3, 0.4) is 0 Å². The lowest BCUT2D eigenvalue weighted by atomic mass is 10.1. The normalized spacial score (nSPS) is 20.7. The molecule has 3 rings (SSSR count). The van der Waals surface area contributed by atoms with E-state index < -0.39 is 5.41 Å². The van der Waals surface area contributed by atoms with Gasteiger partial charge in [-0.15, -0.1) is 5.10 Å². The summed E-state index contributed by atoms with van der Waals surface area (Å²) in [7, 11) is 0. The molecule has 0 aromatic carbocycles. The first-order valence-corrected chi connectivity index (χ1v) is 5.69. The van der Waals surface area contributed by atoms with Crippen LogP contribution < -0.4 is 10.6 Å². The van der Waals surface area contributed by atoms with Crippen molar-refractivity contribution in [2.45, 2.75) is 31.7 Å². The molecule has 1 heterocycles. The van der Waals surface area contributed by atoms with Gasteiger partial charge in [-0.1, -0.05) is 0 Å². The molecule has 0 atom stereocenters. The van der Waals surface area contributed by atoms with Crippen LogP contribution in [0.2, 0.25) is 0 Å². The van der Waals surface area contributed by atoms with Gasteiger partial charge in [0.05, 0.1) is 6.20 Å². The Balaban J connectivity index is 1.65. The molecule has 0 saturated heterocycles. The Kier molecular flexibility index (Phi) is 2.13. The van der Waals surface area contributed by atoms with Gasteiger partial charge in [0, 0.05) is 6.04 Å². The molecule has 2 fully saturated rings. The molecule has 7 nitrogen and oxygen atoms in total. The molecule has 2 aliphatic rings. The van der Waals surface area contributed by atoms with Crippen LogP contribution in [-0.2, 0) is 9.59 Å².